The van der Waals surface area contributed by atoms with Gasteiger partial charge >= 0.3 is 0 Å². The van der Waals surface area contributed by atoms with Gasteiger partial charge in [-0.2, -0.15) is 0 Å². The molecule has 0 amide bonds. The second-order valence-corrected chi connectivity index (χ2v) is 5.72. The quantitative estimate of drug-likeness (QED) is 0.874. The third-order valence-electron chi connectivity index (χ3n) is 4.44. The Morgan fingerprint density at radius 1 is 1.33 bits per heavy atom. The highest BCUT2D eigenvalue weighted by molar-refractivity contribution is 5.38. The molecule has 3 rings (SSSR count). The molecule has 1 aliphatic heterocycles. The molecule has 1 atom stereocenters. The van der Waals surface area contributed by atoms with Crippen molar-refractivity contribution in [2.45, 2.75) is 37.6 Å². The first-order chi connectivity index (χ1) is 8.67. The maximum atomic E-state index is 13.2. The van der Waals surface area contributed by atoms with E-state index in [4.69, 9.17) is 10.5 Å². The van der Waals surface area contributed by atoms with Crippen LogP contribution in [0.15, 0.2) is 18.2 Å². The smallest absolute Gasteiger partial charge is 0.123 e. The zero-order chi connectivity index (χ0) is 12.6. The van der Waals surface area contributed by atoms with Crippen molar-refractivity contribution in [3.05, 3.63) is 35.1 Å². The molecular formula is C15H20FNO. The lowest BCUT2D eigenvalue weighted by molar-refractivity contribution is 0.0559. The molecular weight excluding hydrogens is 229 g/mol. The Morgan fingerprint density at radius 2 is 2.11 bits per heavy atom. The van der Waals surface area contributed by atoms with Crippen molar-refractivity contribution in [3.63, 3.8) is 0 Å². The van der Waals surface area contributed by atoms with Crippen LogP contribution in [0.2, 0.25) is 0 Å². The van der Waals surface area contributed by atoms with Crippen LogP contribution >= 0.6 is 0 Å². The lowest BCUT2D eigenvalue weighted by atomic mass is 9.80. The van der Waals surface area contributed by atoms with Gasteiger partial charge in [0.05, 0.1) is 0 Å². The van der Waals surface area contributed by atoms with Crippen LogP contribution < -0.4 is 5.73 Å². The van der Waals surface area contributed by atoms with Crippen LogP contribution in [0.4, 0.5) is 4.39 Å². The number of halogens is 1. The first kappa shape index (κ1) is 12.1. The van der Waals surface area contributed by atoms with Crippen molar-refractivity contribution < 1.29 is 9.13 Å². The van der Waals surface area contributed by atoms with Gasteiger partial charge in [0, 0.05) is 18.8 Å². The van der Waals surface area contributed by atoms with E-state index in [1.54, 1.807) is 6.07 Å². The Balaban J connectivity index is 1.80. The minimum absolute atomic E-state index is 0.149. The van der Waals surface area contributed by atoms with Gasteiger partial charge in [0.25, 0.3) is 0 Å². The SMILES string of the molecule is NC1(CC2CCOCC2)CCc2cc(F)ccc21. The molecule has 0 radical (unpaired) electrons. The predicted molar refractivity (Wildman–Crippen MR) is 68.7 cm³/mol. The second kappa shape index (κ2) is 4.63. The Bertz CT molecular complexity index is 442. The second-order valence-electron chi connectivity index (χ2n) is 5.72. The van der Waals surface area contributed by atoms with Gasteiger partial charge in [0.1, 0.15) is 5.82 Å². The summed E-state index contributed by atoms with van der Waals surface area (Å²) >= 11 is 0. The topological polar surface area (TPSA) is 35.2 Å². The summed E-state index contributed by atoms with van der Waals surface area (Å²) in [5.41, 5.74) is 8.61. The maximum Gasteiger partial charge on any atom is 0.123 e. The third kappa shape index (κ3) is 2.17. The molecule has 2 N–H and O–H groups in total. The van der Waals surface area contributed by atoms with Crippen molar-refractivity contribution in [1.29, 1.82) is 0 Å². The van der Waals surface area contributed by atoms with E-state index >= 15 is 0 Å². The zero-order valence-corrected chi connectivity index (χ0v) is 10.6. The van der Waals surface area contributed by atoms with Crippen LogP contribution in [0.1, 0.15) is 36.8 Å². The van der Waals surface area contributed by atoms with Gasteiger partial charge in [-0.05, 0) is 61.3 Å². The molecule has 18 heavy (non-hydrogen) atoms. The minimum Gasteiger partial charge on any atom is -0.381 e. The number of benzene rings is 1. The minimum atomic E-state index is -0.245. The molecule has 0 bridgehead atoms. The van der Waals surface area contributed by atoms with E-state index in [1.807, 2.05) is 6.07 Å². The Labute approximate surface area is 107 Å². The largest absolute Gasteiger partial charge is 0.381 e. The Kier molecular flexibility index (Phi) is 3.12. The van der Waals surface area contributed by atoms with Crippen LogP contribution in [0.25, 0.3) is 0 Å². The Hall–Kier alpha value is -0.930. The monoisotopic (exact) mass is 249 g/mol. The van der Waals surface area contributed by atoms with Gasteiger partial charge in [-0.3, -0.25) is 0 Å². The highest BCUT2D eigenvalue weighted by Gasteiger charge is 2.37. The van der Waals surface area contributed by atoms with Gasteiger partial charge in [0.2, 0.25) is 0 Å². The van der Waals surface area contributed by atoms with Crippen LogP contribution in [-0.2, 0) is 16.7 Å². The summed E-state index contributed by atoms with van der Waals surface area (Å²) in [7, 11) is 0. The zero-order valence-electron chi connectivity index (χ0n) is 10.6. The fraction of sp³-hybridized carbons (Fsp3) is 0.600. The molecule has 1 heterocycles. The van der Waals surface area contributed by atoms with E-state index in [0.717, 1.165) is 56.4 Å². The molecule has 1 aromatic carbocycles. The molecule has 1 aliphatic carbocycles. The summed E-state index contributed by atoms with van der Waals surface area (Å²) in [6.07, 6.45) is 5.08. The van der Waals surface area contributed by atoms with E-state index in [1.165, 1.54) is 6.07 Å². The molecule has 2 nitrogen and oxygen atoms in total. The van der Waals surface area contributed by atoms with E-state index in [2.05, 4.69) is 0 Å². The standard InChI is InChI=1S/C15H20FNO/c16-13-1-2-14-12(9-13)3-6-15(14,17)10-11-4-7-18-8-5-11/h1-2,9,11H,3-8,10,17H2. The predicted octanol–water partition coefficient (Wildman–Crippen LogP) is 2.74. The fourth-order valence-electron chi connectivity index (χ4n) is 3.42. The number of nitrogens with two attached hydrogens (primary N) is 1. The van der Waals surface area contributed by atoms with E-state index in [-0.39, 0.29) is 11.4 Å². The van der Waals surface area contributed by atoms with Crippen molar-refractivity contribution >= 4 is 0 Å². The summed E-state index contributed by atoms with van der Waals surface area (Å²) in [5, 5.41) is 0. The molecule has 1 aromatic rings. The highest BCUT2D eigenvalue weighted by Crippen LogP contribution is 2.41. The maximum absolute atomic E-state index is 13.2. The molecule has 1 fully saturated rings. The van der Waals surface area contributed by atoms with Crippen molar-refractivity contribution in [1.82, 2.24) is 0 Å². The van der Waals surface area contributed by atoms with Crippen LogP contribution in [0.5, 0.6) is 0 Å². The highest BCUT2D eigenvalue weighted by atomic mass is 19.1. The number of hydrogen-bond acceptors (Lipinski definition) is 2. The van der Waals surface area contributed by atoms with Crippen LogP contribution in [0.3, 0.4) is 0 Å². The summed E-state index contributed by atoms with van der Waals surface area (Å²) in [6.45, 7) is 1.72. The molecule has 0 spiro atoms. The normalized spacial score (nSPS) is 28.3. The van der Waals surface area contributed by atoms with Crippen molar-refractivity contribution in [2.75, 3.05) is 13.2 Å². The first-order valence-electron chi connectivity index (χ1n) is 6.83. The van der Waals surface area contributed by atoms with E-state index < -0.39 is 0 Å². The van der Waals surface area contributed by atoms with Gasteiger partial charge in [0.15, 0.2) is 0 Å². The molecule has 1 saturated heterocycles. The number of fused-ring (bicyclic) bond motifs is 1. The van der Waals surface area contributed by atoms with Crippen molar-refractivity contribution in [2.24, 2.45) is 11.7 Å². The molecule has 0 saturated carbocycles. The average Bonchev–Trinajstić information content (AvgIpc) is 2.67. The lowest BCUT2D eigenvalue weighted by Crippen LogP contribution is -2.37. The van der Waals surface area contributed by atoms with E-state index in [0.29, 0.717) is 5.92 Å². The number of rotatable bonds is 2. The molecule has 2 aliphatic rings. The van der Waals surface area contributed by atoms with Crippen molar-refractivity contribution in [3.8, 4) is 0 Å². The van der Waals surface area contributed by atoms with Crippen LogP contribution in [0, 0.1) is 11.7 Å². The lowest BCUT2D eigenvalue weighted by Gasteiger charge is -2.32. The summed E-state index contributed by atoms with van der Waals surface area (Å²) in [4.78, 5) is 0. The van der Waals surface area contributed by atoms with Gasteiger partial charge in [-0.15, -0.1) is 0 Å². The third-order valence-corrected chi connectivity index (χ3v) is 4.44. The molecule has 0 aromatic heterocycles. The fourth-order valence-corrected chi connectivity index (χ4v) is 3.42. The summed E-state index contributed by atoms with van der Waals surface area (Å²) in [6, 6.07) is 5.07. The van der Waals surface area contributed by atoms with E-state index in [9.17, 15) is 4.39 Å². The van der Waals surface area contributed by atoms with Gasteiger partial charge in [-0.25, -0.2) is 4.39 Å². The summed E-state index contributed by atoms with van der Waals surface area (Å²) < 4.78 is 18.6. The van der Waals surface area contributed by atoms with Crippen LogP contribution in [-0.4, -0.2) is 13.2 Å². The molecule has 1 unspecified atom stereocenters. The summed E-state index contributed by atoms with van der Waals surface area (Å²) in [5.74, 6) is 0.504. The Morgan fingerprint density at radius 3 is 2.89 bits per heavy atom. The van der Waals surface area contributed by atoms with Gasteiger partial charge < -0.3 is 10.5 Å². The number of ether oxygens (including phenoxy) is 1. The number of hydrogen-bond donors (Lipinski definition) is 1. The average molecular weight is 249 g/mol. The number of aryl methyl sites for hydroxylation is 1. The van der Waals surface area contributed by atoms with Gasteiger partial charge in [-0.1, -0.05) is 6.07 Å². The molecule has 3 heteroatoms. The molecule has 98 valence electrons. The first-order valence-corrected chi connectivity index (χ1v) is 6.83.